The van der Waals surface area contributed by atoms with E-state index in [1.807, 2.05) is 6.07 Å². The number of benzene rings is 1. The van der Waals surface area contributed by atoms with Crippen molar-refractivity contribution >= 4 is 20.5 Å². The normalized spacial score (nSPS) is 14.3. The van der Waals surface area contributed by atoms with E-state index in [4.69, 9.17) is 18.3 Å². The molecule has 0 saturated heterocycles. The second-order valence-electron chi connectivity index (χ2n) is 5.63. The molecule has 0 heterocycles. The van der Waals surface area contributed by atoms with E-state index in [1.54, 1.807) is 44.7 Å². The van der Waals surface area contributed by atoms with Crippen LogP contribution in [0.15, 0.2) is 42.7 Å². The average molecular weight is 352 g/mol. The number of rotatable bonds is 9. The zero-order valence-corrected chi connectivity index (χ0v) is 15.5. The fraction of sp³-hybridized carbons (Fsp3) is 0.412. The summed E-state index contributed by atoms with van der Waals surface area (Å²) < 4.78 is 21.2. The molecule has 132 valence electrons. The molecule has 1 aromatic rings. The molecule has 0 spiro atoms. The lowest BCUT2D eigenvalue weighted by Gasteiger charge is -2.26. The molecule has 0 saturated carbocycles. The van der Waals surface area contributed by atoms with Crippen molar-refractivity contribution in [2.24, 2.45) is 5.92 Å². The fourth-order valence-electron chi connectivity index (χ4n) is 1.98. The lowest BCUT2D eigenvalue weighted by atomic mass is 10.2. The van der Waals surface area contributed by atoms with Crippen molar-refractivity contribution in [3.8, 4) is 0 Å². The van der Waals surface area contributed by atoms with Crippen LogP contribution < -0.4 is 0 Å². The van der Waals surface area contributed by atoms with E-state index < -0.39 is 20.4 Å². The molecule has 0 aliphatic heterocycles. The number of esters is 2. The molecule has 0 fully saturated rings. The van der Waals surface area contributed by atoms with Crippen molar-refractivity contribution in [1.29, 1.82) is 0 Å². The number of ether oxygens (including phenoxy) is 2. The van der Waals surface area contributed by atoms with Crippen molar-refractivity contribution in [2.45, 2.75) is 26.4 Å². The van der Waals surface area contributed by atoms with Gasteiger partial charge in [0.15, 0.2) is 6.79 Å². The first-order valence-corrected chi connectivity index (χ1v) is 10.1. The highest BCUT2D eigenvalue weighted by Crippen LogP contribution is 2.21. The highest BCUT2D eigenvalue weighted by molar-refractivity contribution is 6.66. The van der Waals surface area contributed by atoms with Gasteiger partial charge in [0.25, 0.3) is 0 Å². The van der Waals surface area contributed by atoms with Gasteiger partial charge in [0.2, 0.25) is 0 Å². The van der Waals surface area contributed by atoms with Gasteiger partial charge < -0.3 is 18.3 Å². The molecule has 7 heteroatoms. The van der Waals surface area contributed by atoms with Crippen LogP contribution in [-0.4, -0.2) is 34.4 Å². The molecule has 1 rings (SSSR count). The Hall–Kier alpha value is -1.96. The molecular formula is C17H24O6Si. The van der Waals surface area contributed by atoms with Crippen LogP contribution in [0.5, 0.6) is 0 Å². The van der Waals surface area contributed by atoms with Crippen molar-refractivity contribution in [1.82, 2.24) is 0 Å². The Labute approximate surface area is 143 Å². The van der Waals surface area contributed by atoms with Gasteiger partial charge in [0.05, 0.1) is 17.2 Å². The molecule has 0 bridgehead atoms. The molecule has 2 unspecified atom stereocenters. The maximum Gasteiger partial charge on any atom is 0.340 e. The molecule has 6 nitrogen and oxygen atoms in total. The SMILES string of the molecule is C=C(C)OC(=O)C(C)C[Si](C)(OC)OCOC(=O)c1ccccc1. The van der Waals surface area contributed by atoms with Gasteiger partial charge in [-0.25, -0.2) is 4.79 Å². The summed E-state index contributed by atoms with van der Waals surface area (Å²) in [5, 5.41) is 0. The van der Waals surface area contributed by atoms with Gasteiger partial charge in [-0.05, 0) is 25.6 Å². The van der Waals surface area contributed by atoms with E-state index in [0.29, 0.717) is 17.4 Å². The lowest BCUT2D eigenvalue weighted by molar-refractivity contribution is -0.143. The molecule has 0 amide bonds. The molecular weight excluding hydrogens is 328 g/mol. The summed E-state index contributed by atoms with van der Waals surface area (Å²) in [5.74, 6) is -0.936. The van der Waals surface area contributed by atoms with Crippen LogP contribution in [0.3, 0.4) is 0 Å². The molecule has 0 N–H and O–H groups in total. The zero-order chi connectivity index (χ0) is 18.2. The van der Waals surface area contributed by atoms with E-state index in [2.05, 4.69) is 6.58 Å². The van der Waals surface area contributed by atoms with E-state index in [0.717, 1.165) is 0 Å². The molecule has 1 aromatic carbocycles. The van der Waals surface area contributed by atoms with Crippen molar-refractivity contribution in [2.75, 3.05) is 13.9 Å². The van der Waals surface area contributed by atoms with Gasteiger partial charge >= 0.3 is 20.5 Å². The number of carbonyl (C=O) groups excluding carboxylic acids is 2. The largest absolute Gasteiger partial charge is 0.436 e. The third-order valence-corrected chi connectivity index (χ3v) is 6.30. The standard InChI is InChI=1S/C17H24O6Si/c1-13(2)23-16(18)14(3)11-24(5,20-4)22-12-21-17(19)15-9-7-6-8-10-15/h6-10,14H,1,11-12H2,2-5H3. The predicted molar refractivity (Wildman–Crippen MR) is 91.3 cm³/mol. The van der Waals surface area contributed by atoms with Gasteiger partial charge in [-0.15, -0.1) is 0 Å². The Bertz CT molecular complexity index is 574. The summed E-state index contributed by atoms with van der Waals surface area (Å²) in [6.07, 6.45) is 0. The van der Waals surface area contributed by atoms with Crippen LogP contribution in [0.4, 0.5) is 0 Å². The number of hydrogen-bond donors (Lipinski definition) is 0. The molecule has 2 atom stereocenters. The minimum atomic E-state index is -2.68. The molecule has 0 aliphatic carbocycles. The second-order valence-corrected chi connectivity index (χ2v) is 9.00. The molecule has 0 radical (unpaired) electrons. The highest BCUT2D eigenvalue weighted by Gasteiger charge is 2.36. The lowest BCUT2D eigenvalue weighted by Crippen LogP contribution is -2.41. The van der Waals surface area contributed by atoms with Gasteiger partial charge in [-0.1, -0.05) is 31.7 Å². The van der Waals surface area contributed by atoms with Crippen LogP contribution >= 0.6 is 0 Å². The van der Waals surface area contributed by atoms with Gasteiger partial charge in [-0.2, -0.15) is 0 Å². The summed E-state index contributed by atoms with van der Waals surface area (Å²) in [6.45, 7) is 8.45. The average Bonchev–Trinajstić information content (AvgIpc) is 2.54. The smallest absolute Gasteiger partial charge is 0.340 e. The van der Waals surface area contributed by atoms with Gasteiger partial charge in [0.1, 0.15) is 0 Å². The number of hydrogen-bond acceptors (Lipinski definition) is 6. The Kier molecular flexibility index (Phi) is 7.83. The van der Waals surface area contributed by atoms with E-state index >= 15 is 0 Å². The maximum absolute atomic E-state index is 11.9. The minimum absolute atomic E-state index is 0.230. The first-order chi connectivity index (χ1) is 11.3. The Morgan fingerprint density at radius 1 is 1.25 bits per heavy atom. The monoisotopic (exact) mass is 352 g/mol. The van der Waals surface area contributed by atoms with Crippen LogP contribution in [0.2, 0.25) is 12.6 Å². The Morgan fingerprint density at radius 3 is 2.42 bits per heavy atom. The topological polar surface area (TPSA) is 71.1 Å². The first kappa shape index (κ1) is 20.1. The highest BCUT2D eigenvalue weighted by atomic mass is 28.4. The zero-order valence-electron chi connectivity index (χ0n) is 14.5. The van der Waals surface area contributed by atoms with Crippen LogP contribution in [-0.2, 0) is 23.1 Å². The van der Waals surface area contributed by atoms with E-state index in [-0.39, 0.29) is 12.8 Å². The third-order valence-electron chi connectivity index (χ3n) is 3.35. The molecule has 0 aromatic heterocycles. The molecule has 0 aliphatic rings. The van der Waals surface area contributed by atoms with Gasteiger partial charge in [-0.3, -0.25) is 4.79 Å². The maximum atomic E-state index is 11.9. The van der Waals surface area contributed by atoms with E-state index in [1.165, 1.54) is 7.11 Å². The fourth-order valence-corrected chi connectivity index (χ4v) is 3.97. The van der Waals surface area contributed by atoms with Crippen LogP contribution in [0.1, 0.15) is 24.2 Å². The third kappa shape index (κ3) is 6.65. The summed E-state index contributed by atoms with van der Waals surface area (Å²) in [6, 6.07) is 9.00. The quantitative estimate of drug-likeness (QED) is 0.294. The van der Waals surface area contributed by atoms with Crippen LogP contribution in [0.25, 0.3) is 0 Å². The minimum Gasteiger partial charge on any atom is -0.436 e. The van der Waals surface area contributed by atoms with Crippen molar-refractivity contribution < 1.29 is 27.9 Å². The van der Waals surface area contributed by atoms with Gasteiger partial charge in [0, 0.05) is 13.2 Å². The molecule has 24 heavy (non-hydrogen) atoms. The second kappa shape index (κ2) is 9.36. The summed E-state index contributed by atoms with van der Waals surface area (Å²) >= 11 is 0. The van der Waals surface area contributed by atoms with Crippen molar-refractivity contribution in [3.05, 3.63) is 48.2 Å². The summed E-state index contributed by atoms with van der Waals surface area (Å²) in [7, 11) is -1.16. The first-order valence-electron chi connectivity index (χ1n) is 7.56. The number of allylic oxidation sites excluding steroid dienone is 1. The summed E-state index contributed by atoms with van der Waals surface area (Å²) in [4.78, 5) is 23.7. The van der Waals surface area contributed by atoms with E-state index in [9.17, 15) is 9.59 Å². The Morgan fingerprint density at radius 2 is 1.88 bits per heavy atom. The summed E-state index contributed by atoms with van der Waals surface area (Å²) in [5.41, 5.74) is 0.445. The Balaban J connectivity index is 2.51. The number of carbonyl (C=O) groups is 2. The predicted octanol–water partition coefficient (Wildman–Crippen LogP) is 3.25. The van der Waals surface area contributed by atoms with Crippen molar-refractivity contribution in [3.63, 3.8) is 0 Å². The van der Waals surface area contributed by atoms with Crippen LogP contribution in [0, 0.1) is 5.92 Å².